The molecule has 20 heavy (non-hydrogen) atoms. The summed E-state index contributed by atoms with van der Waals surface area (Å²) in [5.74, 6) is -2.29. The number of carbonyl (C=O) groups excluding carboxylic acids is 1. The second-order valence-corrected chi connectivity index (χ2v) is 6.16. The fourth-order valence-electron chi connectivity index (χ4n) is 1.82. The molecule has 4 nitrogen and oxygen atoms in total. The number of carboxylic acid groups (broad SMARTS) is 1. The van der Waals surface area contributed by atoms with Crippen LogP contribution in [0.5, 0.6) is 0 Å². The number of rotatable bonds is 6. The molecular formula is C14H17FINO3. The molecule has 1 amide bonds. The summed E-state index contributed by atoms with van der Waals surface area (Å²) in [5.41, 5.74) is 0.222. The van der Waals surface area contributed by atoms with Crippen LogP contribution in [0, 0.1) is 21.2 Å². The highest BCUT2D eigenvalue weighted by Gasteiger charge is 2.20. The maximum atomic E-state index is 13.1. The molecule has 1 aromatic rings. The van der Waals surface area contributed by atoms with Gasteiger partial charge in [-0.2, -0.15) is 0 Å². The minimum Gasteiger partial charge on any atom is -0.481 e. The Kier molecular flexibility index (Phi) is 6.38. The second kappa shape index (κ2) is 7.56. The van der Waals surface area contributed by atoms with Gasteiger partial charge in [0, 0.05) is 10.1 Å². The molecule has 0 bridgehead atoms. The van der Waals surface area contributed by atoms with Gasteiger partial charge >= 0.3 is 5.97 Å². The van der Waals surface area contributed by atoms with Crippen molar-refractivity contribution in [2.45, 2.75) is 20.3 Å². The molecule has 0 saturated heterocycles. The fraction of sp³-hybridized carbons (Fsp3) is 0.429. The van der Waals surface area contributed by atoms with E-state index in [0.717, 1.165) is 6.07 Å². The van der Waals surface area contributed by atoms with E-state index in [0.29, 0.717) is 9.99 Å². The fourth-order valence-corrected chi connectivity index (χ4v) is 2.40. The zero-order valence-corrected chi connectivity index (χ0v) is 13.5. The van der Waals surface area contributed by atoms with Crippen LogP contribution in [0.25, 0.3) is 0 Å². The lowest BCUT2D eigenvalue weighted by Crippen LogP contribution is -2.34. The summed E-state index contributed by atoms with van der Waals surface area (Å²) >= 11 is 1.94. The molecule has 1 atom stereocenters. The smallest absolute Gasteiger partial charge is 0.308 e. The SMILES string of the molecule is CC(C)CC(CNC(=O)c1cc(F)ccc1I)C(=O)O. The van der Waals surface area contributed by atoms with Crippen molar-refractivity contribution in [2.75, 3.05) is 6.54 Å². The van der Waals surface area contributed by atoms with E-state index in [9.17, 15) is 14.0 Å². The second-order valence-electron chi connectivity index (χ2n) is 5.00. The van der Waals surface area contributed by atoms with Crippen molar-refractivity contribution < 1.29 is 19.1 Å². The number of nitrogens with one attached hydrogen (secondary N) is 1. The van der Waals surface area contributed by atoms with E-state index < -0.39 is 23.6 Å². The summed E-state index contributed by atoms with van der Waals surface area (Å²) in [7, 11) is 0. The van der Waals surface area contributed by atoms with Crippen LogP contribution in [0.3, 0.4) is 0 Å². The average molecular weight is 393 g/mol. The van der Waals surface area contributed by atoms with Gasteiger partial charge < -0.3 is 10.4 Å². The van der Waals surface area contributed by atoms with Crippen molar-refractivity contribution in [1.29, 1.82) is 0 Å². The Morgan fingerprint density at radius 2 is 2.05 bits per heavy atom. The van der Waals surface area contributed by atoms with Crippen molar-refractivity contribution in [2.24, 2.45) is 11.8 Å². The molecule has 0 heterocycles. The first-order valence-corrected chi connectivity index (χ1v) is 7.35. The van der Waals surface area contributed by atoms with E-state index in [1.165, 1.54) is 12.1 Å². The van der Waals surface area contributed by atoms with Crippen molar-refractivity contribution in [3.63, 3.8) is 0 Å². The minimum absolute atomic E-state index is 0.0406. The molecular weight excluding hydrogens is 376 g/mol. The van der Waals surface area contributed by atoms with Gasteiger partial charge in [0.1, 0.15) is 5.82 Å². The van der Waals surface area contributed by atoms with Crippen molar-refractivity contribution >= 4 is 34.5 Å². The zero-order valence-electron chi connectivity index (χ0n) is 11.3. The van der Waals surface area contributed by atoms with Crippen LogP contribution in [-0.2, 0) is 4.79 Å². The first-order valence-electron chi connectivity index (χ1n) is 6.27. The Morgan fingerprint density at radius 1 is 1.40 bits per heavy atom. The van der Waals surface area contributed by atoms with Crippen LogP contribution in [0.15, 0.2) is 18.2 Å². The topological polar surface area (TPSA) is 66.4 Å². The lowest BCUT2D eigenvalue weighted by molar-refractivity contribution is -0.142. The number of hydrogen-bond donors (Lipinski definition) is 2. The number of amides is 1. The standard InChI is InChI=1S/C14H17FINO3/c1-8(2)5-9(14(19)20)7-17-13(18)11-6-10(15)3-4-12(11)16/h3-4,6,8-9H,5,7H2,1-2H3,(H,17,18)(H,19,20). The third-order valence-electron chi connectivity index (χ3n) is 2.79. The molecule has 0 aromatic heterocycles. The number of carboxylic acids is 1. The molecule has 1 aromatic carbocycles. The Bertz CT molecular complexity index is 505. The van der Waals surface area contributed by atoms with Crippen LogP contribution >= 0.6 is 22.6 Å². The Morgan fingerprint density at radius 3 is 2.60 bits per heavy atom. The zero-order chi connectivity index (χ0) is 15.3. The molecule has 6 heteroatoms. The minimum atomic E-state index is -0.937. The molecule has 0 aliphatic rings. The molecule has 0 aliphatic carbocycles. The third-order valence-corrected chi connectivity index (χ3v) is 3.73. The van der Waals surface area contributed by atoms with Crippen molar-refractivity contribution in [1.82, 2.24) is 5.32 Å². The summed E-state index contributed by atoms with van der Waals surface area (Å²) in [6.07, 6.45) is 0.482. The molecule has 0 saturated carbocycles. The normalized spacial score (nSPS) is 12.2. The summed E-state index contributed by atoms with van der Waals surface area (Å²) < 4.78 is 13.8. The largest absolute Gasteiger partial charge is 0.481 e. The van der Waals surface area contributed by atoms with E-state index in [4.69, 9.17) is 5.11 Å². The molecule has 0 radical (unpaired) electrons. The van der Waals surface area contributed by atoms with Crippen LogP contribution < -0.4 is 5.32 Å². The summed E-state index contributed by atoms with van der Waals surface area (Å²) in [6, 6.07) is 3.93. The quantitative estimate of drug-likeness (QED) is 0.731. The van der Waals surface area contributed by atoms with E-state index in [-0.39, 0.29) is 18.0 Å². The van der Waals surface area contributed by atoms with Gasteiger partial charge in [0.2, 0.25) is 0 Å². The third kappa shape index (κ3) is 5.07. The predicted octanol–water partition coefficient (Wildman–Crippen LogP) is 2.91. The van der Waals surface area contributed by atoms with Gasteiger partial charge in [0.05, 0.1) is 11.5 Å². The molecule has 0 aliphatic heterocycles. The lowest BCUT2D eigenvalue weighted by Gasteiger charge is -2.15. The van der Waals surface area contributed by atoms with Crippen LogP contribution in [-0.4, -0.2) is 23.5 Å². The number of halogens is 2. The van der Waals surface area contributed by atoms with Crippen LogP contribution in [0.2, 0.25) is 0 Å². The molecule has 110 valence electrons. The van der Waals surface area contributed by atoms with E-state index >= 15 is 0 Å². The molecule has 1 unspecified atom stereocenters. The highest BCUT2D eigenvalue weighted by molar-refractivity contribution is 14.1. The van der Waals surface area contributed by atoms with Gasteiger partial charge in [-0.25, -0.2) is 4.39 Å². The average Bonchev–Trinajstić information content (AvgIpc) is 2.36. The molecule has 2 N–H and O–H groups in total. The molecule has 0 fully saturated rings. The summed E-state index contributed by atoms with van der Waals surface area (Å²) in [6.45, 7) is 3.89. The first-order chi connectivity index (χ1) is 9.31. The molecule has 1 rings (SSSR count). The van der Waals surface area contributed by atoms with Crippen molar-refractivity contribution in [3.8, 4) is 0 Å². The summed E-state index contributed by atoms with van der Waals surface area (Å²) in [4.78, 5) is 23.0. The van der Waals surface area contributed by atoms with Gasteiger partial charge in [0.25, 0.3) is 5.91 Å². The maximum absolute atomic E-state index is 13.1. The highest BCUT2D eigenvalue weighted by atomic mass is 127. The number of benzene rings is 1. The van der Waals surface area contributed by atoms with Gasteiger partial charge in [-0.15, -0.1) is 0 Å². The van der Waals surface area contributed by atoms with Gasteiger partial charge in [-0.1, -0.05) is 13.8 Å². The Hall–Kier alpha value is -1.18. The Balaban J connectivity index is 2.70. The first kappa shape index (κ1) is 16.9. The van der Waals surface area contributed by atoms with E-state index in [2.05, 4.69) is 5.32 Å². The Labute approximate surface area is 130 Å². The summed E-state index contributed by atoms with van der Waals surface area (Å²) in [5, 5.41) is 11.7. The lowest BCUT2D eigenvalue weighted by atomic mass is 9.97. The molecule has 0 spiro atoms. The van der Waals surface area contributed by atoms with Gasteiger partial charge in [-0.3, -0.25) is 9.59 Å². The van der Waals surface area contributed by atoms with Crippen LogP contribution in [0.4, 0.5) is 4.39 Å². The maximum Gasteiger partial charge on any atom is 0.308 e. The van der Waals surface area contributed by atoms with Gasteiger partial charge in [0.15, 0.2) is 0 Å². The van der Waals surface area contributed by atoms with Crippen molar-refractivity contribution in [3.05, 3.63) is 33.1 Å². The number of aliphatic carboxylic acids is 1. The number of carbonyl (C=O) groups is 2. The monoisotopic (exact) mass is 393 g/mol. The number of hydrogen-bond acceptors (Lipinski definition) is 2. The van der Waals surface area contributed by atoms with E-state index in [1.54, 1.807) is 0 Å². The predicted molar refractivity (Wildman–Crippen MR) is 82.0 cm³/mol. The van der Waals surface area contributed by atoms with Crippen LogP contribution in [0.1, 0.15) is 30.6 Å². The van der Waals surface area contributed by atoms with E-state index in [1.807, 2.05) is 36.4 Å². The van der Waals surface area contributed by atoms with Gasteiger partial charge in [-0.05, 0) is 53.1 Å². The highest BCUT2D eigenvalue weighted by Crippen LogP contribution is 2.15.